The van der Waals surface area contributed by atoms with Crippen LogP contribution in [0.25, 0.3) is 0 Å². The molecule has 1 heterocycles. The molecule has 0 radical (unpaired) electrons. The normalized spacial score (nSPS) is 10.1. The summed E-state index contributed by atoms with van der Waals surface area (Å²) in [6.45, 7) is 1.73. The van der Waals surface area contributed by atoms with E-state index in [1.54, 1.807) is 20.0 Å². The lowest BCUT2D eigenvalue weighted by Gasteiger charge is -2.07. The minimum atomic E-state index is -0.383. The molecule has 0 aliphatic carbocycles. The highest BCUT2D eigenvalue weighted by molar-refractivity contribution is 6.32. The fraction of sp³-hybridized carbons (Fsp3) is 0.154. The SMILES string of the molecule is Cc1nn(C)c(C(=O)Nc2ccc(C#N)c(Cl)c2)c1N. The third-order valence-electron chi connectivity index (χ3n) is 2.83. The number of aryl methyl sites for hydroxylation is 2. The Labute approximate surface area is 120 Å². The smallest absolute Gasteiger partial charge is 0.276 e. The predicted molar refractivity (Wildman–Crippen MR) is 76.5 cm³/mol. The fourth-order valence-corrected chi connectivity index (χ4v) is 2.04. The first-order valence-electron chi connectivity index (χ1n) is 5.74. The average Bonchev–Trinajstić information content (AvgIpc) is 2.63. The third kappa shape index (κ3) is 2.44. The van der Waals surface area contributed by atoms with Crippen molar-refractivity contribution in [3.63, 3.8) is 0 Å². The summed E-state index contributed by atoms with van der Waals surface area (Å²) in [5.74, 6) is -0.383. The van der Waals surface area contributed by atoms with Crippen LogP contribution in [0.5, 0.6) is 0 Å². The molecule has 102 valence electrons. The van der Waals surface area contributed by atoms with E-state index in [2.05, 4.69) is 10.4 Å². The van der Waals surface area contributed by atoms with E-state index in [0.29, 0.717) is 22.6 Å². The van der Waals surface area contributed by atoms with Crippen molar-refractivity contribution >= 4 is 28.9 Å². The van der Waals surface area contributed by atoms with Gasteiger partial charge in [-0.3, -0.25) is 9.48 Å². The maximum atomic E-state index is 12.2. The van der Waals surface area contributed by atoms with Crippen LogP contribution < -0.4 is 11.1 Å². The number of anilines is 2. The van der Waals surface area contributed by atoms with Gasteiger partial charge in [-0.2, -0.15) is 10.4 Å². The van der Waals surface area contributed by atoms with Crippen molar-refractivity contribution in [2.75, 3.05) is 11.1 Å². The Kier molecular flexibility index (Phi) is 3.63. The first-order valence-corrected chi connectivity index (χ1v) is 6.12. The molecule has 6 nitrogen and oxygen atoms in total. The zero-order valence-electron chi connectivity index (χ0n) is 10.9. The van der Waals surface area contributed by atoms with Gasteiger partial charge in [0.05, 0.1) is 22.0 Å². The topological polar surface area (TPSA) is 96.7 Å². The quantitative estimate of drug-likeness (QED) is 0.884. The molecule has 0 aliphatic heterocycles. The molecule has 2 rings (SSSR count). The van der Waals surface area contributed by atoms with Crippen LogP contribution in [0, 0.1) is 18.3 Å². The average molecular weight is 290 g/mol. The highest BCUT2D eigenvalue weighted by Crippen LogP contribution is 2.22. The van der Waals surface area contributed by atoms with E-state index in [1.807, 2.05) is 6.07 Å². The Morgan fingerprint density at radius 3 is 2.75 bits per heavy atom. The minimum absolute atomic E-state index is 0.277. The Morgan fingerprint density at radius 2 is 2.25 bits per heavy atom. The van der Waals surface area contributed by atoms with Crippen LogP contribution >= 0.6 is 11.6 Å². The van der Waals surface area contributed by atoms with E-state index in [4.69, 9.17) is 22.6 Å². The molecule has 1 aromatic heterocycles. The number of hydrogen-bond donors (Lipinski definition) is 2. The van der Waals surface area contributed by atoms with Crippen LogP contribution in [0.1, 0.15) is 21.7 Å². The predicted octanol–water partition coefficient (Wildman–Crippen LogP) is 2.09. The molecule has 0 saturated carbocycles. The zero-order chi connectivity index (χ0) is 14.9. The molecule has 1 aromatic carbocycles. The molecular weight excluding hydrogens is 278 g/mol. The lowest BCUT2D eigenvalue weighted by molar-refractivity contribution is 0.101. The first-order chi connectivity index (χ1) is 9.43. The van der Waals surface area contributed by atoms with Gasteiger partial charge in [0.1, 0.15) is 11.8 Å². The number of nitrogens with zero attached hydrogens (tertiary/aromatic N) is 3. The molecule has 7 heteroatoms. The number of nitrogen functional groups attached to an aromatic ring is 1. The maximum Gasteiger partial charge on any atom is 0.276 e. The summed E-state index contributed by atoms with van der Waals surface area (Å²) in [6, 6.07) is 6.60. The van der Waals surface area contributed by atoms with Crippen LogP contribution in [0.2, 0.25) is 5.02 Å². The summed E-state index contributed by atoms with van der Waals surface area (Å²) >= 11 is 5.91. The summed E-state index contributed by atoms with van der Waals surface area (Å²) in [5.41, 5.74) is 7.86. The zero-order valence-corrected chi connectivity index (χ0v) is 11.7. The molecule has 20 heavy (non-hydrogen) atoms. The van der Waals surface area contributed by atoms with E-state index in [9.17, 15) is 4.79 Å². The van der Waals surface area contributed by atoms with Crippen LogP contribution in [0.4, 0.5) is 11.4 Å². The molecule has 0 fully saturated rings. The van der Waals surface area contributed by atoms with E-state index in [0.717, 1.165) is 0 Å². The van der Waals surface area contributed by atoms with Crippen molar-refractivity contribution in [3.05, 3.63) is 40.2 Å². The molecule has 0 unspecified atom stereocenters. The molecule has 2 aromatic rings. The minimum Gasteiger partial charge on any atom is -0.395 e. The molecule has 3 N–H and O–H groups in total. The number of hydrogen-bond acceptors (Lipinski definition) is 4. The fourth-order valence-electron chi connectivity index (χ4n) is 1.82. The Balaban J connectivity index is 2.28. The standard InChI is InChI=1S/C13H12ClN5O/c1-7-11(16)12(19(2)18-7)13(20)17-9-4-3-8(6-15)10(14)5-9/h3-5H,16H2,1-2H3,(H,17,20). The highest BCUT2D eigenvalue weighted by atomic mass is 35.5. The lowest BCUT2D eigenvalue weighted by atomic mass is 10.2. The maximum absolute atomic E-state index is 12.2. The summed E-state index contributed by atoms with van der Waals surface area (Å²) in [4.78, 5) is 12.2. The van der Waals surface area contributed by atoms with Crippen molar-refractivity contribution in [3.8, 4) is 6.07 Å². The Hall–Kier alpha value is -2.52. The van der Waals surface area contributed by atoms with Crippen molar-refractivity contribution in [2.24, 2.45) is 7.05 Å². The number of nitrogens with one attached hydrogen (secondary N) is 1. The van der Waals surface area contributed by atoms with Crippen molar-refractivity contribution in [1.82, 2.24) is 9.78 Å². The largest absolute Gasteiger partial charge is 0.395 e. The molecule has 0 spiro atoms. The molecule has 1 amide bonds. The van der Waals surface area contributed by atoms with Gasteiger partial charge in [-0.05, 0) is 25.1 Å². The number of nitriles is 1. The summed E-state index contributed by atoms with van der Waals surface area (Å²) in [6.07, 6.45) is 0. The third-order valence-corrected chi connectivity index (χ3v) is 3.14. The Bertz CT molecular complexity index is 729. The summed E-state index contributed by atoms with van der Waals surface area (Å²) in [5, 5.41) is 15.8. The van der Waals surface area contributed by atoms with Crippen LogP contribution in [0.3, 0.4) is 0 Å². The Morgan fingerprint density at radius 1 is 1.55 bits per heavy atom. The number of halogens is 1. The second-order valence-electron chi connectivity index (χ2n) is 4.23. The van der Waals surface area contributed by atoms with Gasteiger partial charge in [0.2, 0.25) is 0 Å². The number of rotatable bonds is 2. The van der Waals surface area contributed by atoms with Gasteiger partial charge in [-0.15, -0.1) is 0 Å². The number of nitrogens with two attached hydrogens (primary N) is 1. The van der Waals surface area contributed by atoms with Gasteiger partial charge in [-0.1, -0.05) is 11.6 Å². The second-order valence-corrected chi connectivity index (χ2v) is 4.64. The summed E-state index contributed by atoms with van der Waals surface area (Å²) < 4.78 is 1.42. The number of aromatic nitrogens is 2. The van der Waals surface area contributed by atoms with Gasteiger partial charge < -0.3 is 11.1 Å². The van der Waals surface area contributed by atoms with Crippen molar-refractivity contribution in [2.45, 2.75) is 6.92 Å². The van der Waals surface area contributed by atoms with Gasteiger partial charge in [0, 0.05) is 12.7 Å². The van der Waals surface area contributed by atoms with Gasteiger partial charge in [0.15, 0.2) is 0 Å². The molecule has 0 aliphatic rings. The molecule has 0 bridgehead atoms. The van der Waals surface area contributed by atoms with E-state index in [-0.39, 0.29) is 16.6 Å². The van der Waals surface area contributed by atoms with Gasteiger partial charge in [-0.25, -0.2) is 0 Å². The second kappa shape index (κ2) is 5.23. The monoisotopic (exact) mass is 289 g/mol. The van der Waals surface area contributed by atoms with Gasteiger partial charge in [0.25, 0.3) is 5.91 Å². The number of carbonyl (C=O) groups is 1. The lowest BCUT2D eigenvalue weighted by Crippen LogP contribution is -2.17. The van der Waals surface area contributed by atoms with E-state index >= 15 is 0 Å². The van der Waals surface area contributed by atoms with Crippen LogP contribution in [0.15, 0.2) is 18.2 Å². The van der Waals surface area contributed by atoms with Crippen LogP contribution in [-0.2, 0) is 7.05 Å². The van der Waals surface area contributed by atoms with Crippen molar-refractivity contribution < 1.29 is 4.79 Å². The first kappa shape index (κ1) is 13.9. The van der Waals surface area contributed by atoms with Crippen molar-refractivity contribution in [1.29, 1.82) is 5.26 Å². The van der Waals surface area contributed by atoms with E-state index in [1.165, 1.54) is 16.8 Å². The number of amides is 1. The molecular formula is C13H12ClN5O. The van der Waals surface area contributed by atoms with E-state index < -0.39 is 0 Å². The number of carbonyl (C=O) groups excluding carboxylic acids is 1. The van der Waals surface area contributed by atoms with Gasteiger partial charge >= 0.3 is 0 Å². The highest BCUT2D eigenvalue weighted by Gasteiger charge is 2.18. The molecule has 0 saturated heterocycles. The molecule has 0 atom stereocenters. The number of benzene rings is 1. The summed E-state index contributed by atoms with van der Waals surface area (Å²) in [7, 11) is 1.64. The van der Waals surface area contributed by atoms with Crippen LogP contribution in [-0.4, -0.2) is 15.7 Å².